The third-order valence-corrected chi connectivity index (χ3v) is 16.3. The van der Waals surface area contributed by atoms with Crippen molar-refractivity contribution < 1.29 is 33.5 Å². The number of hydrogen-bond acceptors (Lipinski definition) is 16. The van der Waals surface area contributed by atoms with Crippen LogP contribution in [0.4, 0.5) is 9.93 Å². The summed E-state index contributed by atoms with van der Waals surface area (Å²) in [6, 6.07) is 46.3. The SMILES string of the molecule is CC(C)(C)OC(=O)Nc1nc(C(=NOC(c2ccccc2)(c2ccccc2)c2ccccc2)C(=O)NC2C(=O)N3C(C(=O)OC(c4ccccc4)c4ccccc4)=C(SCSc4nncs4)CS[C@@H]23)cs1. The number of thioether (sulfide) groups is 3. The third-order valence-electron chi connectivity index (χ3n) is 11.0. The molecule has 2 aliphatic heterocycles. The lowest BCUT2D eigenvalue weighted by Gasteiger charge is -2.49. The summed E-state index contributed by atoms with van der Waals surface area (Å²) >= 11 is 6.77. The van der Waals surface area contributed by atoms with Crippen LogP contribution in [0.2, 0.25) is 0 Å². The fraction of sp³-hybridized carbons (Fsp3) is 0.192. The van der Waals surface area contributed by atoms with Crippen molar-refractivity contribution in [2.75, 3.05) is 16.2 Å². The third kappa shape index (κ3) is 11.2. The van der Waals surface area contributed by atoms with Crippen LogP contribution in [0.15, 0.2) is 183 Å². The van der Waals surface area contributed by atoms with Crippen molar-refractivity contribution in [2.24, 2.45) is 5.16 Å². The van der Waals surface area contributed by atoms with Gasteiger partial charge in [-0.1, -0.05) is 180 Å². The Labute approximate surface area is 430 Å². The van der Waals surface area contributed by atoms with E-state index in [1.165, 1.54) is 51.5 Å². The molecule has 14 nitrogen and oxygen atoms in total. The molecule has 0 spiro atoms. The molecule has 3 amide bonds. The Morgan fingerprint density at radius 2 is 1.35 bits per heavy atom. The molecule has 0 aliphatic carbocycles. The van der Waals surface area contributed by atoms with E-state index >= 15 is 0 Å². The monoisotopic (exact) mass is 1040 g/mol. The molecule has 2 aromatic heterocycles. The Hall–Kier alpha value is -6.77. The van der Waals surface area contributed by atoms with Gasteiger partial charge in [-0.3, -0.25) is 19.8 Å². The first-order chi connectivity index (χ1) is 34.5. The molecule has 71 heavy (non-hydrogen) atoms. The van der Waals surface area contributed by atoms with E-state index in [4.69, 9.17) is 14.3 Å². The molecule has 4 heterocycles. The normalized spacial score (nSPS) is 15.9. The molecule has 0 bridgehead atoms. The number of benzene rings is 5. The van der Waals surface area contributed by atoms with Gasteiger partial charge >= 0.3 is 12.1 Å². The zero-order chi connectivity index (χ0) is 49.4. The number of esters is 1. The maximum atomic E-state index is 14.9. The second-order valence-electron chi connectivity index (χ2n) is 16.8. The van der Waals surface area contributed by atoms with Gasteiger partial charge in [0.25, 0.3) is 11.8 Å². The van der Waals surface area contributed by atoms with Gasteiger partial charge in [-0.05, 0) is 31.9 Å². The van der Waals surface area contributed by atoms with Crippen LogP contribution in [0.25, 0.3) is 0 Å². The number of carbonyl (C=O) groups excluding carboxylic acids is 4. The van der Waals surface area contributed by atoms with E-state index in [0.29, 0.717) is 15.7 Å². The van der Waals surface area contributed by atoms with Crippen LogP contribution in [-0.2, 0) is 34.3 Å². The highest BCUT2D eigenvalue weighted by molar-refractivity contribution is 8.18. The molecule has 5 aromatic carbocycles. The van der Waals surface area contributed by atoms with E-state index < -0.39 is 52.6 Å². The number of aromatic nitrogens is 3. The number of nitrogens with one attached hydrogen (secondary N) is 2. The van der Waals surface area contributed by atoms with Crippen molar-refractivity contribution >= 4 is 92.7 Å². The molecule has 2 N–H and O–H groups in total. The van der Waals surface area contributed by atoms with Crippen molar-refractivity contribution in [3.63, 3.8) is 0 Å². The van der Waals surface area contributed by atoms with E-state index in [9.17, 15) is 19.2 Å². The number of hydrogen-bond donors (Lipinski definition) is 2. The Morgan fingerprint density at radius 1 is 0.789 bits per heavy atom. The number of rotatable bonds is 17. The minimum Gasteiger partial charge on any atom is -0.448 e. The molecule has 0 saturated carbocycles. The molecule has 360 valence electrons. The maximum absolute atomic E-state index is 14.9. The van der Waals surface area contributed by atoms with Crippen molar-refractivity contribution in [1.29, 1.82) is 0 Å². The standard InChI is InChI=1S/C52H45N7O7S5/c1-51(2,3)65-49(63)56-48-54-38(29-68-48)40(58-66-52(35-23-13-6-14-24-35,36-25-15-7-16-26-36)37-27-17-8-18-28-37)44(60)55-41-45(61)59-42(39(30-67-46(41)59)70-32-71-50-57-53-31-69-50)47(62)64-43(33-19-9-4-10-20-33)34-21-11-5-12-22-34/h4-29,31,41,43,46H,30,32H2,1-3H3,(H,55,60)(H,54,56,63)/t41?,46-/m0/s1. The molecule has 2 aliphatic rings. The molecule has 7 aromatic rings. The lowest BCUT2D eigenvalue weighted by atomic mass is 9.80. The zero-order valence-electron chi connectivity index (χ0n) is 38.4. The largest absolute Gasteiger partial charge is 0.448 e. The van der Waals surface area contributed by atoms with Gasteiger partial charge in [0.2, 0.25) is 5.60 Å². The van der Waals surface area contributed by atoms with Crippen molar-refractivity contribution in [3.8, 4) is 0 Å². The number of thiazole rings is 1. The summed E-state index contributed by atoms with van der Waals surface area (Å²) in [6.07, 6.45) is -1.51. The number of ether oxygens (including phenoxy) is 2. The minimum atomic E-state index is -1.38. The Kier molecular flexibility index (Phi) is 15.3. The smallest absolute Gasteiger partial charge is 0.413 e. The van der Waals surface area contributed by atoms with E-state index in [1.807, 2.05) is 152 Å². The first kappa shape index (κ1) is 49.2. The molecule has 19 heteroatoms. The molecule has 2 atom stereocenters. The predicted molar refractivity (Wildman–Crippen MR) is 280 cm³/mol. The lowest BCUT2D eigenvalue weighted by molar-refractivity contribution is -0.154. The second-order valence-corrected chi connectivity index (χ2v) is 22.3. The molecule has 9 rings (SSSR count). The predicted octanol–water partition coefficient (Wildman–Crippen LogP) is 10.5. The Balaban J connectivity index is 1.05. The van der Waals surface area contributed by atoms with E-state index in [2.05, 4.69) is 31.0 Å². The number of amides is 3. The Morgan fingerprint density at radius 3 is 1.89 bits per heavy atom. The van der Waals surface area contributed by atoms with Gasteiger partial charge in [0.1, 0.15) is 33.9 Å². The van der Waals surface area contributed by atoms with Gasteiger partial charge in [-0.2, -0.15) is 0 Å². The molecular weight excluding hydrogens is 995 g/mol. The van der Waals surface area contributed by atoms with Crippen molar-refractivity contribution in [3.05, 3.63) is 207 Å². The average molecular weight is 1040 g/mol. The van der Waals surface area contributed by atoms with Gasteiger partial charge in [0, 0.05) is 32.7 Å². The summed E-state index contributed by atoms with van der Waals surface area (Å²) in [4.78, 5) is 70.6. The second kappa shape index (κ2) is 22.1. The number of fused-ring (bicyclic) bond motifs is 1. The van der Waals surface area contributed by atoms with Gasteiger partial charge < -0.3 is 19.6 Å². The van der Waals surface area contributed by atoms with Crippen molar-refractivity contribution in [1.82, 2.24) is 25.4 Å². The fourth-order valence-electron chi connectivity index (χ4n) is 7.85. The van der Waals surface area contributed by atoms with Crippen LogP contribution in [0.3, 0.4) is 0 Å². The lowest BCUT2D eigenvalue weighted by Crippen LogP contribution is -2.71. The molecule has 1 unspecified atom stereocenters. The van der Waals surface area contributed by atoms with Gasteiger partial charge in [0.05, 0.1) is 5.08 Å². The van der Waals surface area contributed by atoms with Crippen LogP contribution in [-0.4, -0.2) is 77.5 Å². The first-order valence-corrected chi connectivity index (χ1v) is 27.0. The average Bonchev–Trinajstić information content (AvgIpc) is 4.09. The number of carbonyl (C=O) groups is 4. The van der Waals surface area contributed by atoms with Crippen LogP contribution in [0.1, 0.15) is 60.4 Å². The molecule has 1 saturated heterocycles. The highest BCUT2D eigenvalue weighted by Crippen LogP contribution is 2.46. The van der Waals surface area contributed by atoms with Crippen LogP contribution in [0.5, 0.6) is 0 Å². The fourth-order valence-corrected chi connectivity index (χ4v) is 13.0. The highest BCUT2D eigenvalue weighted by atomic mass is 32.2. The number of oxime groups is 1. The molecule has 0 radical (unpaired) electrons. The van der Waals surface area contributed by atoms with Crippen LogP contribution in [0, 0.1) is 0 Å². The van der Waals surface area contributed by atoms with E-state index in [-0.39, 0.29) is 22.2 Å². The van der Waals surface area contributed by atoms with Crippen LogP contribution < -0.4 is 10.6 Å². The van der Waals surface area contributed by atoms with Gasteiger partial charge in [-0.15, -0.1) is 45.1 Å². The Bertz CT molecular complexity index is 2900. The topological polar surface area (TPSA) is 174 Å². The first-order valence-electron chi connectivity index (χ1n) is 22.2. The summed E-state index contributed by atoms with van der Waals surface area (Å²) in [5.74, 6) is -1.64. The number of anilines is 1. The summed E-state index contributed by atoms with van der Waals surface area (Å²) in [5.41, 5.74) is 3.06. The van der Waals surface area contributed by atoms with Crippen molar-refractivity contribution in [2.45, 2.75) is 53.8 Å². The molecule has 1 fully saturated rings. The quantitative estimate of drug-likeness (QED) is 0.0168. The summed E-state index contributed by atoms with van der Waals surface area (Å²) in [7, 11) is 0. The zero-order valence-corrected chi connectivity index (χ0v) is 42.5. The maximum Gasteiger partial charge on any atom is 0.413 e. The number of β-lactam (4-membered cyclic amide) rings is 1. The number of nitrogens with zero attached hydrogens (tertiary/aromatic N) is 5. The molecular formula is C52H45N7O7S5. The minimum absolute atomic E-state index is 0.0604. The van der Waals surface area contributed by atoms with Gasteiger partial charge in [-0.25, -0.2) is 14.6 Å². The highest BCUT2D eigenvalue weighted by Gasteiger charge is 2.55. The van der Waals surface area contributed by atoms with E-state index in [1.54, 1.807) is 31.7 Å². The van der Waals surface area contributed by atoms with Gasteiger partial charge in [0.15, 0.2) is 21.3 Å². The summed E-state index contributed by atoms with van der Waals surface area (Å²) < 4.78 is 12.6. The van der Waals surface area contributed by atoms with Crippen LogP contribution >= 0.6 is 58.0 Å². The van der Waals surface area contributed by atoms with E-state index in [0.717, 1.165) is 43.5 Å². The summed E-state index contributed by atoms with van der Waals surface area (Å²) in [5, 5.41) is 19.8. The summed E-state index contributed by atoms with van der Waals surface area (Å²) in [6.45, 7) is 5.23.